The zero-order chi connectivity index (χ0) is 23.8. The number of hydrogen-bond acceptors (Lipinski definition) is 4. The fraction of sp³-hybridized carbons (Fsp3) is 0.357. The van der Waals surface area contributed by atoms with Crippen LogP contribution in [-0.2, 0) is 17.9 Å². The molecule has 0 radical (unpaired) electrons. The minimum Gasteiger partial charge on any atom is -0.340 e. The van der Waals surface area contributed by atoms with Gasteiger partial charge in [-0.1, -0.05) is 43.5 Å². The van der Waals surface area contributed by atoms with Crippen molar-refractivity contribution in [3.63, 3.8) is 0 Å². The van der Waals surface area contributed by atoms with Crippen LogP contribution < -0.4 is 10.2 Å². The number of nitrogens with zero attached hydrogens (tertiary/aromatic N) is 3. The summed E-state index contributed by atoms with van der Waals surface area (Å²) in [5.41, 5.74) is 3.59. The monoisotopic (exact) mass is 460 g/mol. The molecule has 0 fully saturated rings. The fourth-order valence-corrected chi connectivity index (χ4v) is 4.54. The van der Waals surface area contributed by atoms with E-state index in [0.29, 0.717) is 25.2 Å². The summed E-state index contributed by atoms with van der Waals surface area (Å²) in [6.07, 6.45) is 7.22. The topological polar surface area (TPSA) is 48.5 Å². The molecular weight excluding hydrogens is 427 g/mol. The van der Waals surface area contributed by atoms with Crippen LogP contribution in [0.2, 0.25) is 0 Å². The molecular formula is C28H33FN4O. The first kappa shape index (κ1) is 23.9. The molecule has 178 valence electrons. The molecule has 4 rings (SSSR count). The Kier molecular flexibility index (Phi) is 8.26. The Morgan fingerprint density at radius 3 is 2.50 bits per heavy atom. The van der Waals surface area contributed by atoms with Gasteiger partial charge in [0.25, 0.3) is 0 Å². The van der Waals surface area contributed by atoms with E-state index in [1.807, 2.05) is 47.4 Å². The van der Waals surface area contributed by atoms with Crippen LogP contribution >= 0.6 is 0 Å². The second-order valence-corrected chi connectivity index (χ2v) is 8.92. The van der Waals surface area contributed by atoms with Gasteiger partial charge in [-0.25, -0.2) is 9.37 Å². The highest BCUT2D eigenvalue weighted by Gasteiger charge is 2.19. The van der Waals surface area contributed by atoms with Crippen LogP contribution in [0, 0.1) is 5.82 Å². The van der Waals surface area contributed by atoms with E-state index in [4.69, 9.17) is 0 Å². The van der Waals surface area contributed by atoms with E-state index in [1.165, 1.54) is 6.07 Å². The van der Waals surface area contributed by atoms with E-state index in [2.05, 4.69) is 21.3 Å². The van der Waals surface area contributed by atoms with Crippen LogP contribution in [0.4, 0.5) is 21.6 Å². The summed E-state index contributed by atoms with van der Waals surface area (Å²) in [5, 5.41) is 3.37. The highest BCUT2D eigenvalue weighted by molar-refractivity contribution is 5.92. The molecule has 0 bridgehead atoms. The number of anilines is 3. The summed E-state index contributed by atoms with van der Waals surface area (Å²) in [7, 11) is 0. The van der Waals surface area contributed by atoms with Crippen molar-refractivity contribution < 1.29 is 9.18 Å². The molecule has 0 aliphatic carbocycles. The molecule has 1 aromatic heterocycles. The molecule has 0 saturated heterocycles. The lowest BCUT2D eigenvalue weighted by Gasteiger charge is -2.29. The molecule has 0 spiro atoms. The minimum atomic E-state index is -0.176. The Hall–Kier alpha value is -3.25. The van der Waals surface area contributed by atoms with Gasteiger partial charge in [0.15, 0.2) is 0 Å². The van der Waals surface area contributed by atoms with Crippen molar-refractivity contribution in [3.8, 4) is 0 Å². The van der Waals surface area contributed by atoms with Crippen molar-refractivity contribution >= 4 is 23.1 Å². The summed E-state index contributed by atoms with van der Waals surface area (Å²) >= 11 is 0. The number of rotatable bonds is 4. The van der Waals surface area contributed by atoms with Crippen molar-refractivity contribution in [2.75, 3.05) is 23.3 Å². The van der Waals surface area contributed by atoms with Crippen LogP contribution in [0.25, 0.3) is 0 Å². The van der Waals surface area contributed by atoms with Gasteiger partial charge < -0.3 is 10.2 Å². The maximum absolute atomic E-state index is 14.5. The summed E-state index contributed by atoms with van der Waals surface area (Å²) in [6, 6.07) is 18.9. The van der Waals surface area contributed by atoms with Crippen LogP contribution in [0.3, 0.4) is 0 Å². The van der Waals surface area contributed by atoms with Gasteiger partial charge in [-0.3, -0.25) is 9.69 Å². The SMILES string of the molecule is CC(=O)N1CCCCCCCN(Cc2ccccc2F)Cc2cc(Nc3ccccn3)ccc21. The fourth-order valence-electron chi connectivity index (χ4n) is 4.54. The lowest BCUT2D eigenvalue weighted by molar-refractivity contribution is -0.116. The third-order valence-electron chi connectivity index (χ3n) is 6.29. The van der Waals surface area contributed by atoms with Crippen LogP contribution in [-0.4, -0.2) is 28.9 Å². The van der Waals surface area contributed by atoms with Crippen LogP contribution in [0.15, 0.2) is 66.9 Å². The van der Waals surface area contributed by atoms with Gasteiger partial charge in [-0.2, -0.15) is 0 Å². The van der Waals surface area contributed by atoms with Gasteiger partial charge in [-0.15, -0.1) is 0 Å². The number of hydrogen-bond donors (Lipinski definition) is 1. The van der Waals surface area contributed by atoms with Crippen LogP contribution in [0.1, 0.15) is 50.2 Å². The number of aromatic nitrogens is 1. The number of halogens is 1. The summed E-state index contributed by atoms with van der Waals surface area (Å²) < 4.78 is 14.5. The van der Waals surface area contributed by atoms with Gasteiger partial charge >= 0.3 is 0 Å². The number of pyridine rings is 1. The smallest absolute Gasteiger partial charge is 0.223 e. The Morgan fingerprint density at radius 1 is 0.971 bits per heavy atom. The number of amides is 1. The van der Waals surface area contributed by atoms with Gasteiger partial charge in [0, 0.05) is 49.7 Å². The third kappa shape index (κ3) is 6.41. The second kappa shape index (κ2) is 11.7. The molecule has 0 saturated carbocycles. The standard InChI is InChI=1S/C28H33FN4O/c1-22(34)33-18-10-4-2-3-9-17-32(20-23-11-5-6-12-26(23)29)21-24-19-25(14-15-27(24)33)31-28-13-7-8-16-30-28/h5-8,11-16,19H,2-4,9-10,17-18,20-21H2,1H3,(H,30,31). The molecule has 6 heteroatoms. The van der Waals surface area contributed by atoms with Crippen molar-refractivity contribution in [2.45, 2.75) is 52.1 Å². The average molecular weight is 461 g/mol. The molecule has 1 amide bonds. The molecule has 5 nitrogen and oxygen atoms in total. The summed E-state index contributed by atoms with van der Waals surface area (Å²) in [6.45, 7) is 4.39. The molecule has 0 unspecified atom stereocenters. The van der Waals surface area contributed by atoms with E-state index >= 15 is 0 Å². The van der Waals surface area contributed by atoms with Crippen molar-refractivity contribution in [1.82, 2.24) is 9.88 Å². The van der Waals surface area contributed by atoms with Gasteiger partial charge in [0.1, 0.15) is 11.6 Å². The largest absolute Gasteiger partial charge is 0.340 e. The van der Waals surface area contributed by atoms with Crippen LogP contribution in [0.5, 0.6) is 0 Å². The van der Waals surface area contributed by atoms with E-state index in [-0.39, 0.29) is 11.7 Å². The van der Waals surface area contributed by atoms with Gasteiger partial charge in [0.05, 0.1) is 0 Å². The van der Waals surface area contributed by atoms with Crippen molar-refractivity contribution in [3.05, 3.63) is 83.8 Å². The molecule has 2 aromatic carbocycles. The molecule has 1 aliphatic heterocycles. The second-order valence-electron chi connectivity index (χ2n) is 8.92. The molecule has 2 heterocycles. The predicted octanol–water partition coefficient (Wildman–Crippen LogP) is 6.28. The molecule has 0 atom stereocenters. The maximum atomic E-state index is 14.5. The van der Waals surface area contributed by atoms with Gasteiger partial charge in [0.2, 0.25) is 5.91 Å². The highest BCUT2D eigenvalue weighted by atomic mass is 19.1. The minimum absolute atomic E-state index is 0.0457. The normalized spacial score (nSPS) is 15.6. The molecule has 1 N–H and O–H groups in total. The summed E-state index contributed by atoms with van der Waals surface area (Å²) in [5.74, 6) is 0.636. The zero-order valence-corrected chi connectivity index (χ0v) is 19.8. The highest BCUT2D eigenvalue weighted by Crippen LogP contribution is 2.29. The van der Waals surface area contributed by atoms with E-state index in [1.54, 1.807) is 19.2 Å². The zero-order valence-electron chi connectivity index (χ0n) is 19.8. The Labute approximate surface area is 201 Å². The first-order valence-corrected chi connectivity index (χ1v) is 12.1. The number of benzene rings is 2. The lowest BCUT2D eigenvalue weighted by Crippen LogP contribution is -2.32. The number of nitrogens with one attached hydrogen (secondary N) is 1. The summed E-state index contributed by atoms with van der Waals surface area (Å²) in [4.78, 5) is 21.2. The van der Waals surface area contributed by atoms with E-state index in [0.717, 1.165) is 61.4 Å². The molecule has 1 aliphatic rings. The predicted molar refractivity (Wildman–Crippen MR) is 136 cm³/mol. The Bertz CT molecular complexity index is 1090. The first-order chi connectivity index (χ1) is 16.6. The first-order valence-electron chi connectivity index (χ1n) is 12.1. The van der Waals surface area contributed by atoms with Crippen molar-refractivity contribution in [2.24, 2.45) is 0 Å². The quantitative estimate of drug-likeness (QED) is 0.498. The molecule has 34 heavy (non-hydrogen) atoms. The maximum Gasteiger partial charge on any atom is 0.223 e. The van der Waals surface area contributed by atoms with Crippen molar-refractivity contribution in [1.29, 1.82) is 0 Å². The Balaban J connectivity index is 1.68. The number of carbonyl (C=O) groups excluding carboxylic acids is 1. The number of carbonyl (C=O) groups is 1. The number of fused-ring (bicyclic) bond motifs is 1. The van der Waals surface area contributed by atoms with Gasteiger partial charge in [-0.05, 0) is 61.3 Å². The van der Waals surface area contributed by atoms with E-state index < -0.39 is 0 Å². The third-order valence-corrected chi connectivity index (χ3v) is 6.29. The average Bonchev–Trinajstić information content (AvgIpc) is 2.82. The molecule has 3 aromatic rings. The van der Waals surface area contributed by atoms with E-state index in [9.17, 15) is 9.18 Å². The Morgan fingerprint density at radius 2 is 1.74 bits per heavy atom. The lowest BCUT2D eigenvalue weighted by atomic mass is 10.1.